The zero-order chi connectivity index (χ0) is 16.9. The summed E-state index contributed by atoms with van der Waals surface area (Å²) >= 11 is 0. The van der Waals surface area contributed by atoms with E-state index in [0.717, 1.165) is 37.9 Å². The summed E-state index contributed by atoms with van der Waals surface area (Å²) < 4.78 is 0. The van der Waals surface area contributed by atoms with Gasteiger partial charge in [-0.2, -0.15) is 0 Å². The molecular weight excluding hydrogens is 300 g/mol. The summed E-state index contributed by atoms with van der Waals surface area (Å²) in [6, 6.07) is 13.9. The number of rotatable bonds is 5. The van der Waals surface area contributed by atoms with Gasteiger partial charge in [-0.3, -0.25) is 14.7 Å². The molecule has 4 heteroatoms. The molecule has 24 heavy (non-hydrogen) atoms. The molecule has 1 aliphatic heterocycles. The van der Waals surface area contributed by atoms with Crippen molar-refractivity contribution in [2.75, 3.05) is 6.54 Å². The van der Waals surface area contributed by atoms with Crippen LogP contribution in [0.5, 0.6) is 0 Å². The third-order valence-corrected chi connectivity index (χ3v) is 4.79. The highest BCUT2D eigenvalue weighted by molar-refractivity contribution is 5.73. The summed E-state index contributed by atoms with van der Waals surface area (Å²) in [6.07, 6.45) is 5.29. The fourth-order valence-electron chi connectivity index (χ4n) is 3.61. The lowest BCUT2D eigenvalue weighted by atomic mass is 9.92. The van der Waals surface area contributed by atoms with Crippen LogP contribution in [-0.4, -0.2) is 33.5 Å². The van der Waals surface area contributed by atoms with Crippen LogP contribution in [0.2, 0.25) is 0 Å². The monoisotopic (exact) mass is 324 g/mol. The molecule has 1 fully saturated rings. The molecule has 1 aromatic heterocycles. The van der Waals surface area contributed by atoms with E-state index in [1.54, 1.807) is 6.20 Å². The fraction of sp³-hybridized carbons (Fsp3) is 0.400. The second kappa shape index (κ2) is 7.58. The Labute approximate surface area is 143 Å². The van der Waals surface area contributed by atoms with Gasteiger partial charge in [-0.1, -0.05) is 42.3 Å². The molecule has 1 aliphatic rings. The molecule has 1 aromatic carbocycles. The van der Waals surface area contributed by atoms with E-state index in [2.05, 4.69) is 41.1 Å². The third kappa shape index (κ3) is 3.82. The zero-order valence-corrected chi connectivity index (χ0v) is 14.1. The molecule has 1 saturated heterocycles. The van der Waals surface area contributed by atoms with Gasteiger partial charge in [-0.15, -0.1) is 0 Å². The van der Waals surface area contributed by atoms with Crippen molar-refractivity contribution in [1.29, 1.82) is 0 Å². The van der Waals surface area contributed by atoms with Crippen LogP contribution in [0.25, 0.3) is 0 Å². The molecule has 2 unspecified atom stereocenters. The Hall–Kier alpha value is -2.20. The maximum atomic E-state index is 11.8. The molecule has 0 amide bonds. The Kier molecular flexibility index (Phi) is 5.26. The first-order valence-corrected chi connectivity index (χ1v) is 8.60. The summed E-state index contributed by atoms with van der Waals surface area (Å²) in [5.41, 5.74) is 3.37. The van der Waals surface area contributed by atoms with E-state index in [4.69, 9.17) is 0 Å². The lowest BCUT2D eigenvalue weighted by molar-refractivity contribution is -0.146. The van der Waals surface area contributed by atoms with E-state index in [9.17, 15) is 9.90 Å². The van der Waals surface area contributed by atoms with Gasteiger partial charge in [-0.25, -0.2) is 0 Å². The molecule has 0 saturated carbocycles. The number of nitrogens with zero attached hydrogens (tertiary/aromatic N) is 2. The van der Waals surface area contributed by atoms with E-state index in [1.165, 1.54) is 11.1 Å². The number of aliphatic carboxylic acids is 1. The van der Waals surface area contributed by atoms with Crippen LogP contribution in [0.4, 0.5) is 0 Å². The third-order valence-electron chi connectivity index (χ3n) is 4.79. The number of carboxylic acids is 1. The number of hydrogen-bond donors (Lipinski definition) is 1. The number of carbonyl (C=O) groups is 1. The number of pyridine rings is 1. The van der Waals surface area contributed by atoms with E-state index in [1.807, 2.05) is 18.2 Å². The Morgan fingerprint density at radius 1 is 1.29 bits per heavy atom. The number of carboxylic acid groups (broad SMARTS) is 1. The lowest BCUT2D eigenvalue weighted by Gasteiger charge is -2.39. The van der Waals surface area contributed by atoms with Gasteiger partial charge in [-0.05, 0) is 44.0 Å². The first-order chi connectivity index (χ1) is 11.6. The molecule has 2 heterocycles. The highest BCUT2D eigenvalue weighted by atomic mass is 16.4. The predicted octanol–water partition coefficient (Wildman–Crippen LogP) is 3.61. The minimum absolute atomic E-state index is 0.0428. The van der Waals surface area contributed by atoms with Gasteiger partial charge in [0.25, 0.3) is 0 Å². The van der Waals surface area contributed by atoms with Crippen molar-refractivity contribution >= 4 is 5.97 Å². The predicted molar refractivity (Wildman–Crippen MR) is 93.8 cm³/mol. The summed E-state index contributed by atoms with van der Waals surface area (Å²) in [7, 11) is 0. The Morgan fingerprint density at radius 2 is 2.17 bits per heavy atom. The Morgan fingerprint density at radius 3 is 2.88 bits per heavy atom. The van der Waals surface area contributed by atoms with Gasteiger partial charge in [0.05, 0.1) is 0 Å². The number of benzene rings is 1. The molecular formula is C20H24N2O2. The van der Waals surface area contributed by atoms with Crippen molar-refractivity contribution in [2.45, 2.75) is 44.7 Å². The topological polar surface area (TPSA) is 53.4 Å². The molecule has 0 aliphatic carbocycles. The molecule has 0 radical (unpaired) electrons. The quantitative estimate of drug-likeness (QED) is 0.913. The van der Waals surface area contributed by atoms with Crippen molar-refractivity contribution in [3.63, 3.8) is 0 Å². The largest absolute Gasteiger partial charge is 0.480 e. The maximum absolute atomic E-state index is 11.8. The fourth-order valence-corrected chi connectivity index (χ4v) is 3.61. The maximum Gasteiger partial charge on any atom is 0.320 e. The zero-order valence-electron chi connectivity index (χ0n) is 14.1. The molecule has 126 valence electrons. The van der Waals surface area contributed by atoms with Crippen molar-refractivity contribution < 1.29 is 9.90 Å². The highest BCUT2D eigenvalue weighted by Crippen LogP contribution is 2.31. The van der Waals surface area contributed by atoms with Crippen LogP contribution in [-0.2, 0) is 11.2 Å². The molecule has 3 rings (SSSR count). The van der Waals surface area contributed by atoms with E-state index >= 15 is 0 Å². The minimum atomic E-state index is -0.714. The number of hydrogen-bond acceptors (Lipinski definition) is 3. The molecule has 0 spiro atoms. The molecule has 4 nitrogen and oxygen atoms in total. The Balaban J connectivity index is 1.95. The number of aromatic nitrogens is 1. The summed E-state index contributed by atoms with van der Waals surface area (Å²) in [6.45, 7) is 2.90. The van der Waals surface area contributed by atoms with Gasteiger partial charge in [0.15, 0.2) is 0 Å². The smallest absolute Gasteiger partial charge is 0.320 e. The van der Waals surface area contributed by atoms with Crippen molar-refractivity contribution in [3.05, 3.63) is 65.5 Å². The summed E-state index contributed by atoms with van der Waals surface area (Å²) in [4.78, 5) is 18.4. The molecule has 2 aromatic rings. The van der Waals surface area contributed by atoms with Crippen molar-refractivity contribution in [3.8, 4) is 0 Å². The van der Waals surface area contributed by atoms with Gasteiger partial charge in [0, 0.05) is 24.4 Å². The first kappa shape index (κ1) is 16.7. The molecule has 1 N–H and O–H groups in total. The van der Waals surface area contributed by atoms with Crippen molar-refractivity contribution in [1.82, 2.24) is 9.88 Å². The van der Waals surface area contributed by atoms with Crippen LogP contribution in [0, 0.1) is 6.92 Å². The van der Waals surface area contributed by atoms with Gasteiger partial charge < -0.3 is 5.11 Å². The number of likely N-dealkylation sites (tertiary alicyclic amines) is 1. The second-order valence-electron chi connectivity index (χ2n) is 6.54. The average Bonchev–Trinajstić information content (AvgIpc) is 2.60. The highest BCUT2D eigenvalue weighted by Gasteiger charge is 2.34. The van der Waals surface area contributed by atoms with Crippen LogP contribution < -0.4 is 0 Å². The van der Waals surface area contributed by atoms with Crippen LogP contribution in [0.3, 0.4) is 0 Å². The van der Waals surface area contributed by atoms with E-state index < -0.39 is 12.0 Å². The van der Waals surface area contributed by atoms with Crippen molar-refractivity contribution in [2.24, 2.45) is 0 Å². The standard InChI is InChI=1S/C20H24N2O2/c1-15-7-6-8-16(13-15)19(14-17-9-2-4-11-21-17)22-12-5-3-10-18(22)20(23)24/h2,4,6-9,11,13,18-19H,3,5,10,12,14H2,1H3,(H,23,24). The van der Waals surface area contributed by atoms with E-state index in [0.29, 0.717) is 0 Å². The van der Waals surface area contributed by atoms with Gasteiger partial charge in [0.1, 0.15) is 6.04 Å². The first-order valence-electron chi connectivity index (χ1n) is 8.60. The normalized spacial score (nSPS) is 19.8. The molecule has 2 atom stereocenters. The second-order valence-corrected chi connectivity index (χ2v) is 6.54. The summed E-state index contributed by atoms with van der Waals surface area (Å²) in [5.74, 6) is -0.714. The molecule has 0 bridgehead atoms. The Bertz CT molecular complexity index is 687. The average molecular weight is 324 g/mol. The van der Waals surface area contributed by atoms with Crippen LogP contribution in [0.1, 0.15) is 42.1 Å². The van der Waals surface area contributed by atoms with E-state index in [-0.39, 0.29) is 6.04 Å². The summed E-state index contributed by atoms with van der Waals surface area (Å²) in [5, 5.41) is 9.67. The lowest BCUT2D eigenvalue weighted by Crippen LogP contribution is -2.47. The van der Waals surface area contributed by atoms with Crippen LogP contribution >= 0.6 is 0 Å². The van der Waals surface area contributed by atoms with Crippen LogP contribution in [0.15, 0.2) is 48.7 Å². The number of piperidine rings is 1. The SMILES string of the molecule is Cc1cccc(C(Cc2ccccn2)N2CCCCC2C(=O)O)c1. The minimum Gasteiger partial charge on any atom is -0.480 e. The van der Waals surface area contributed by atoms with Gasteiger partial charge in [0.2, 0.25) is 0 Å². The van der Waals surface area contributed by atoms with Gasteiger partial charge >= 0.3 is 5.97 Å². The number of aryl methyl sites for hydroxylation is 1.